The van der Waals surface area contributed by atoms with Crippen molar-refractivity contribution in [1.29, 1.82) is 0 Å². The first-order chi connectivity index (χ1) is 15.7. The number of primary amides is 1. The van der Waals surface area contributed by atoms with Gasteiger partial charge in [-0.05, 0) is 62.6 Å². The lowest BCUT2D eigenvalue weighted by Crippen LogP contribution is -2.41. The largest absolute Gasteiger partial charge is 0.365 e. The number of sulfonamides is 1. The summed E-state index contributed by atoms with van der Waals surface area (Å²) in [6, 6.07) is 5.92. The average molecular weight is 527 g/mol. The Balaban J connectivity index is 0.00000324. The van der Waals surface area contributed by atoms with Gasteiger partial charge in [0, 0.05) is 36.1 Å². The molecule has 11 heteroatoms. The number of benzene rings is 1. The number of fused-ring (bicyclic) bond motifs is 1. The van der Waals surface area contributed by atoms with Gasteiger partial charge >= 0.3 is 0 Å². The van der Waals surface area contributed by atoms with Gasteiger partial charge < -0.3 is 11.1 Å². The summed E-state index contributed by atoms with van der Waals surface area (Å²) >= 11 is 1.38. The number of hydrogen-bond donors (Lipinski definition) is 2. The predicted octanol–water partition coefficient (Wildman–Crippen LogP) is 3.46. The maximum Gasteiger partial charge on any atom is 0.256 e. The van der Waals surface area contributed by atoms with Gasteiger partial charge in [-0.15, -0.1) is 23.7 Å². The van der Waals surface area contributed by atoms with E-state index in [9.17, 15) is 18.0 Å². The van der Waals surface area contributed by atoms with E-state index in [0.29, 0.717) is 22.7 Å². The predicted molar refractivity (Wildman–Crippen MR) is 136 cm³/mol. The first-order valence-corrected chi connectivity index (χ1v) is 13.6. The smallest absolute Gasteiger partial charge is 0.256 e. The molecule has 1 aromatic carbocycles. The van der Waals surface area contributed by atoms with E-state index in [4.69, 9.17) is 5.73 Å². The molecular formula is C23H31ClN4O4S2. The quantitative estimate of drug-likeness (QED) is 0.598. The summed E-state index contributed by atoms with van der Waals surface area (Å²) in [6.07, 6.45) is 3.45. The molecule has 1 aromatic heterocycles. The van der Waals surface area contributed by atoms with Crippen LogP contribution in [0.5, 0.6) is 0 Å². The number of piperidine rings is 1. The molecular weight excluding hydrogens is 496 g/mol. The highest BCUT2D eigenvalue weighted by atomic mass is 35.5. The summed E-state index contributed by atoms with van der Waals surface area (Å²) in [5.74, 6) is -0.955. The third-order valence-electron chi connectivity index (χ3n) is 6.52. The van der Waals surface area contributed by atoms with Crippen molar-refractivity contribution in [2.75, 3.05) is 25.0 Å². The van der Waals surface area contributed by atoms with Crippen LogP contribution in [-0.2, 0) is 23.0 Å². The Morgan fingerprint density at radius 3 is 2.50 bits per heavy atom. The number of halogens is 1. The van der Waals surface area contributed by atoms with Crippen LogP contribution >= 0.6 is 23.7 Å². The lowest BCUT2D eigenvalue weighted by Gasteiger charge is -2.32. The number of likely N-dealkylation sites (N-methyl/N-ethyl adjacent to an activating group) is 1. The lowest BCUT2D eigenvalue weighted by atomic mass is 10.0. The molecule has 1 atom stereocenters. The Bertz CT molecular complexity index is 1160. The lowest BCUT2D eigenvalue weighted by molar-refractivity contribution is 0.1000. The van der Waals surface area contributed by atoms with E-state index in [1.165, 1.54) is 35.6 Å². The molecule has 0 saturated carbocycles. The van der Waals surface area contributed by atoms with Gasteiger partial charge in [0.1, 0.15) is 5.00 Å². The Morgan fingerprint density at radius 2 is 1.88 bits per heavy atom. The maximum atomic E-state index is 13.0. The zero-order valence-corrected chi connectivity index (χ0v) is 21.8. The van der Waals surface area contributed by atoms with Gasteiger partial charge in [-0.25, -0.2) is 8.42 Å². The van der Waals surface area contributed by atoms with E-state index < -0.39 is 21.8 Å². The number of hydrogen-bond acceptors (Lipinski definition) is 6. The summed E-state index contributed by atoms with van der Waals surface area (Å²) in [5, 5.41) is 3.28. The summed E-state index contributed by atoms with van der Waals surface area (Å²) in [5.41, 5.74) is 7.27. The zero-order valence-electron chi connectivity index (χ0n) is 19.4. The van der Waals surface area contributed by atoms with Crippen molar-refractivity contribution in [1.82, 2.24) is 9.21 Å². The number of nitrogens with two attached hydrogens (primary N) is 1. The molecule has 0 aliphatic carbocycles. The number of nitrogens with zero attached hydrogens (tertiary/aromatic N) is 2. The molecule has 8 nitrogen and oxygen atoms in total. The van der Waals surface area contributed by atoms with Gasteiger partial charge in [-0.2, -0.15) is 4.31 Å². The molecule has 2 aromatic rings. The van der Waals surface area contributed by atoms with Crippen molar-refractivity contribution >= 4 is 50.6 Å². The van der Waals surface area contributed by atoms with Crippen LogP contribution in [0.1, 0.15) is 64.3 Å². The maximum absolute atomic E-state index is 13.0. The highest BCUT2D eigenvalue weighted by molar-refractivity contribution is 7.89. The molecule has 1 saturated heterocycles. The van der Waals surface area contributed by atoms with Crippen LogP contribution in [-0.4, -0.2) is 55.1 Å². The molecule has 3 heterocycles. The van der Waals surface area contributed by atoms with E-state index in [1.54, 1.807) is 4.31 Å². The molecule has 4 rings (SSSR count). The van der Waals surface area contributed by atoms with E-state index >= 15 is 0 Å². The monoisotopic (exact) mass is 526 g/mol. The van der Waals surface area contributed by atoms with Crippen LogP contribution in [0, 0.1) is 0 Å². The second-order valence-corrected chi connectivity index (χ2v) is 11.6. The Hall–Kier alpha value is -1.98. The topological polar surface area (TPSA) is 113 Å². The number of thiophene rings is 1. The Kier molecular flexibility index (Phi) is 8.41. The fraction of sp³-hybridized carbons (Fsp3) is 0.478. The molecule has 0 bridgehead atoms. The number of rotatable bonds is 6. The normalized spacial score (nSPS) is 19.2. The van der Waals surface area contributed by atoms with Gasteiger partial charge in [0.25, 0.3) is 11.8 Å². The van der Waals surface area contributed by atoms with Gasteiger partial charge in [0.2, 0.25) is 10.0 Å². The Labute approximate surface area is 211 Å². The second kappa shape index (κ2) is 10.7. The molecule has 2 amide bonds. The molecule has 3 N–H and O–H groups in total. The third kappa shape index (κ3) is 5.16. The summed E-state index contributed by atoms with van der Waals surface area (Å²) in [4.78, 5) is 28.6. The molecule has 0 spiro atoms. The van der Waals surface area contributed by atoms with E-state index in [2.05, 4.69) is 17.1 Å². The van der Waals surface area contributed by atoms with Crippen LogP contribution in [0.2, 0.25) is 0 Å². The fourth-order valence-electron chi connectivity index (χ4n) is 4.59. The molecule has 0 radical (unpaired) electrons. The average Bonchev–Trinajstić information content (AvgIpc) is 3.16. The summed E-state index contributed by atoms with van der Waals surface area (Å²) in [6.45, 7) is 7.02. The van der Waals surface area contributed by atoms with Crippen LogP contribution in [0.25, 0.3) is 0 Å². The zero-order chi connectivity index (χ0) is 23.8. The van der Waals surface area contributed by atoms with Crippen molar-refractivity contribution < 1.29 is 18.0 Å². The third-order valence-corrected chi connectivity index (χ3v) is 9.68. The van der Waals surface area contributed by atoms with Crippen LogP contribution in [0.15, 0.2) is 29.2 Å². The van der Waals surface area contributed by atoms with Gasteiger partial charge in [0.05, 0.1) is 10.5 Å². The summed E-state index contributed by atoms with van der Waals surface area (Å²) in [7, 11) is -3.60. The summed E-state index contributed by atoms with van der Waals surface area (Å²) < 4.78 is 27.6. The van der Waals surface area contributed by atoms with Crippen molar-refractivity contribution in [3.05, 3.63) is 45.8 Å². The van der Waals surface area contributed by atoms with Crippen LogP contribution in [0.4, 0.5) is 5.00 Å². The SMILES string of the molecule is CCN1CCc2c(sc(NC(=O)c3ccc(S(=O)(=O)N4CCCCC4C)cc3)c2C(N)=O)C1.Cl. The number of carbonyl (C=O) groups excluding carboxylic acids is 2. The van der Waals surface area contributed by atoms with E-state index in [-0.39, 0.29) is 23.3 Å². The molecule has 2 aliphatic rings. The highest BCUT2D eigenvalue weighted by Crippen LogP contribution is 2.37. The Morgan fingerprint density at radius 1 is 1.18 bits per heavy atom. The van der Waals surface area contributed by atoms with Crippen molar-refractivity contribution in [2.45, 2.75) is 57.0 Å². The van der Waals surface area contributed by atoms with E-state index in [1.807, 2.05) is 6.92 Å². The molecule has 2 aliphatic heterocycles. The number of nitrogens with one attached hydrogen (secondary N) is 1. The fourth-order valence-corrected chi connectivity index (χ4v) is 7.58. The minimum absolute atomic E-state index is 0. The van der Waals surface area contributed by atoms with Gasteiger partial charge in [-0.3, -0.25) is 14.5 Å². The molecule has 34 heavy (non-hydrogen) atoms. The van der Waals surface area contributed by atoms with Crippen molar-refractivity contribution in [3.63, 3.8) is 0 Å². The standard InChI is InChI=1S/C23H30N4O4S2.ClH/c1-3-26-13-11-18-19(14-26)32-23(20(18)21(24)28)25-22(29)16-7-9-17(10-8-16)33(30,31)27-12-5-4-6-15(27)2;/h7-10,15H,3-6,11-14H2,1-2H3,(H2,24,28)(H,25,29);1H. The van der Waals surface area contributed by atoms with Crippen LogP contribution < -0.4 is 11.1 Å². The minimum atomic E-state index is -3.60. The van der Waals surface area contributed by atoms with Gasteiger partial charge in [0.15, 0.2) is 0 Å². The van der Waals surface area contributed by atoms with Crippen molar-refractivity contribution in [2.24, 2.45) is 5.73 Å². The molecule has 1 fully saturated rings. The van der Waals surface area contributed by atoms with Crippen LogP contribution in [0.3, 0.4) is 0 Å². The van der Waals surface area contributed by atoms with Gasteiger partial charge in [-0.1, -0.05) is 13.3 Å². The molecule has 186 valence electrons. The highest BCUT2D eigenvalue weighted by Gasteiger charge is 2.31. The minimum Gasteiger partial charge on any atom is -0.365 e. The van der Waals surface area contributed by atoms with E-state index in [0.717, 1.165) is 55.8 Å². The first kappa shape index (κ1) is 26.6. The molecule has 1 unspecified atom stereocenters. The number of carbonyl (C=O) groups is 2. The first-order valence-electron chi connectivity index (χ1n) is 11.3. The second-order valence-electron chi connectivity index (χ2n) is 8.63. The van der Waals surface area contributed by atoms with Crippen molar-refractivity contribution in [3.8, 4) is 0 Å². The number of anilines is 1. The number of amides is 2.